The lowest BCUT2D eigenvalue weighted by molar-refractivity contribution is 0.0929. The molecular weight excluding hydrogens is 279 g/mol. The third-order valence-corrected chi connectivity index (χ3v) is 3.50. The fourth-order valence-electron chi connectivity index (χ4n) is 1.99. The second kappa shape index (κ2) is 6.23. The zero-order valence-corrected chi connectivity index (χ0v) is 12.1. The lowest BCUT2D eigenvalue weighted by atomic mass is 9.93. The summed E-state index contributed by atoms with van der Waals surface area (Å²) in [6.45, 7) is 1.93. The van der Waals surface area contributed by atoms with Crippen LogP contribution in [0.3, 0.4) is 0 Å². The van der Waals surface area contributed by atoms with Crippen molar-refractivity contribution in [2.24, 2.45) is 5.92 Å². The first-order valence-electron chi connectivity index (χ1n) is 6.10. The van der Waals surface area contributed by atoms with Crippen molar-refractivity contribution >= 4 is 29.0 Å². The van der Waals surface area contributed by atoms with Crippen LogP contribution in [0.5, 0.6) is 0 Å². The Morgan fingerprint density at radius 1 is 1.05 bits per heavy atom. The Morgan fingerprint density at radius 3 is 2.37 bits per heavy atom. The number of ketones is 1. The quantitative estimate of drug-likeness (QED) is 0.720. The Labute approximate surface area is 123 Å². The molecule has 3 heteroatoms. The largest absolute Gasteiger partial charge is 0.294 e. The third-order valence-electron chi connectivity index (χ3n) is 3.01. The van der Waals surface area contributed by atoms with Crippen LogP contribution >= 0.6 is 23.2 Å². The number of hydrogen-bond acceptors (Lipinski definition) is 1. The summed E-state index contributed by atoms with van der Waals surface area (Å²) in [6, 6.07) is 14.6. The molecule has 0 amide bonds. The molecular formula is C16H14Cl2O. The minimum Gasteiger partial charge on any atom is -0.294 e. The molecule has 0 aliphatic heterocycles. The number of rotatable bonds is 4. The standard InChI is InChI=1S/C16H14Cl2O/c1-11(9-12-5-7-14(17)8-6-12)16(19)13-3-2-4-15(18)10-13/h2-8,10-11H,9H2,1H3. The molecule has 1 unspecified atom stereocenters. The van der Waals surface area contributed by atoms with Gasteiger partial charge in [0.1, 0.15) is 0 Å². The highest BCUT2D eigenvalue weighted by molar-refractivity contribution is 6.31. The summed E-state index contributed by atoms with van der Waals surface area (Å²) in [5, 5.41) is 1.29. The van der Waals surface area contributed by atoms with Gasteiger partial charge in [-0.05, 0) is 36.2 Å². The molecule has 0 heterocycles. The SMILES string of the molecule is CC(Cc1ccc(Cl)cc1)C(=O)c1cccc(Cl)c1. The number of benzene rings is 2. The van der Waals surface area contributed by atoms with Gasteiger partial charge in [-0.2, -0.15) is 0 Å². The van der Waals surface area contributed by atoms with E-state index in [1.807, 2.05) is 31.2 Å². The summed E-state index contributed by atoms with van der Waals surface area (Å²) in [5.41, 5.74) is 1.77. The molecule has 0 saturated heterocycles. The monoisotopic (exact) mass is 292 g/mol. The summed E-state index contributed by atoms with van der Waals surface area (Å²) in [7, 11) is 0. The highest BCUT2D eigenvalue weighted by Crippen LogP contribution is 2.18. The van der Waals surface area contributed by atoms with Gasteiger partial charge in [0.25, 0.3) is 0 Å². The van der Waals surface area contributed by atoms with E-state index in [2.05, 4.69) is 0 Å². The van der Waals surface area contributed by atoms with Gasteiger partial charge in [-0.1, -0.05) is 54.4 Å². The van der Waals surface area contributed by atoms with Crippen LogP contribution in [-0.4, -0.2) is 5.78 Å². The van der Waals surface area contributed by atoms with Crippen LogP contribution in [0.4, 0.5) is 0 Å². The van der Waals surface area contributed by atoms with Crippen LogP contribution in [0.15, 0.2) is 48.5 Å². The molecule has 0 N–H and O–H groups in total. The van der Waals surface area contributed by atoms with E-state index in [0.29, 0.717) is 22.0 Å². The van der Waals surface area contributed by atoms with Crippen molar-refractivity contribution in [1.82, 2.24) is 0 Å². The Balaban J connectivity index is 2.09. The van der Waals surface area contributed by atoms with Gasteiger partial charge in [0.05, 0.1) is 0 Å². The predicted octanol–water partition coefficient (Wildman–Crippen LogP) is 5.05. The van der Waals surface area contributed by atoms with Crippen molar-refractivity contribution in [2.45, 2.75) is 13.3 Å². The highest BCUT2D eigenvalue weighted by Gasteiger charge is 2.15. The molecule has 19 heavy (non-hydrogen) atoms. The van der Waals surface area contributed by atoms with Gasteiger partial charge in [0.2, 0.25) is 0 Å². The highest BCUT2D eigenvalue weighted by atomic mass is 35.5. The molecule has 1 atom stereocenters. The number of hydrogen-bond donors (Lipinski definition) is 0. The lowest BCUT2D eigenvalue weighted by Crippen LogP contribution is -2.13. The minimum atomic E-state index is -0.0837. The molecule has 2 aromatic rings. The summed E-state index contributed by atoms with van der Waals surface area (Å²) in [4.78, 5) is 12.3. The Hall–Kier alpha value is -1.31. The van der Waals surface area contributed by atoms with Crippen LogP contribution in [0.2, 0.25) is 10.0 Å². The average molecular weight is 293 g/mol. The van der Waals surface area contributed by atoms with Crippen molar-refractivity contribution in [2.75, 3.05) is 0 Å². The lowest BCUT2D eigenvalue weighted by Gasteiger charge is -2.11. The maximum atomic E-state index is 12.3. The molecule has 98 valence electrons. The molecule has 0 fully saturated rings. The molecule has 0 aromatic heterocycles. The fraction of sp³-hybridized carbons (Fsp3) is 0.188. The van der Waals surface area contributed by atoms with Gasteiger partial charge in [-0.25, -0.2) is 0 Å². The molecule has 1 nitrogen and oxygen atoms in total. The molecule has 0 saturated carbocycles. The van der Waals surface area contributed by atoms with Crippen molar-refractivity contribution in [3.05, 3.63) is 69.7 Å². The van der Waals surface area contributed by atoms with E-state index in [4.69, 9.17) is 23.2 Å². The second-order valence-corrected chi connectivity index (χ2v) is 5.48. The first-order chi connectivity index (χ1) is 9.06. The summed E-state index contributed by atoms with van der Waals surface area (Å²) >= 11 is 11.7. The maximum Gasteiger partial charge on any atom is 0.166 e. The zero-order chi connectivity index (χ0) is 13.8. The van der Waals surface area contributed by atoms with Crippen molar-refractivity contribution in [3.63, 3.8) is 0 Å². The molecule has 0 aliphatic rings. The van der Waals surface area contributed by atoms with Crippen molar-refractivity contribution in [1.29, 1.82) is 0 Å². The Morgan fingerprint density at radius 2 is 1.74 bits per heavy atom. The van der Waals surface area contributed by atoms with E-state index in [1.165, 1.54) is 0 Å². The van der Waals surface area contributed by atoms with Crippen molar-refractivity contribution in [3.8, 4) is 0 Å². The molecule has 2 rings (SSSR count). The first kappa shape index (κ1) is 14.1. The summed E-state index contributed by atoms with van der Waals surface area (Å²) in [6.07, 6.45) is 0.697. The van der Waals surface area contributed by atoms with Crippen LogP contribution in [0, 0.1) is 5.92 Å². The normalized spacial score (nSPS) is 12.2. The minimum absolute atomic E-state index is 0.0837. The molecule has 2 aromatic carbocycles. The predicted molar refractivity (Wildman–Crippen MR) is 80.1 cm³/mol. The van der Waals surface area contributed by atoms with Gasteiger partial charge in [0.15, 0.2) is 5.78 Å². The third kappa shape index (κ3) is 3.82. The van der Waals surface area contributed by atoms with Crippen LogP contribution in [-0.2, 0) is 6.42 Å². The van der Waals surface area contributed by atoms with E-state index >= 15 is 0 Å². The summed E-state index contributed by atoms with van der Waals surface area (Å²) < 4.78 is 0. The van der Waals surface area contributed by atoms with Gasteiger partial charge in [0, 0.05) is 21.5 Å². The Bertz CT molecular complexity index is 576. The van der Waals surface area contributed by atoms with E-state index < -0.39 is 0 Å². The fourth-order valence-corrected chi connectivity index (χ4v) is 2.31. The van der Waals surface area contributed by atoms with E-state index in [1.54, 1.807) is 24.3 Å². The molecule has 0 radical (unpaired) electrons. The van der Waals surface area contributed by atoms with E-state index in [0.717, 1.165) is 5.56 Å². The van der Waals surface area contributed by atoms with Gasteiger partial charge >= 0.3 is 0 Å². The number of halogens is 2. The topological polar surface area (TPSA) is 17.1 Å². The van der Waals surface area contributed by atoms with Crippen LogP contribution in [0.1, 0.15) is 22.8 Å². The first-order valence-corrected chi connectivity index (χ1v) is 6.86. The zero-order valence-electron chi connectivity index (χ0n) is 10.6. The number of carbonyl (C=O) groups excluding carboxylic acids is 1. The Kier molecular flexibility index (Phi) is 4.62. The van der Waals surface area contributed by atoms with Crippen LogP contribution in [0.25, 0.3) is 0 Å². The summed E-state index contributed by atoms with van der Waals surface area (Å²) in [5.74, 6) is 0.0251. The maximum absolute atomic E-state index is 12.3. The smallest absolute Gasteiger partial charge is 0.166 e. The molecule has 0 aliphatic carbocycles. The van der Waals surface area contributed by atoms with Gasteiger partial charge < -0.3 is 0 Å². The van der Waals surface area contributed by atoms with Gasteiger partial charge in [-0.3, -0.25) is 4.79 Å². The number of carbonyl (C=O) groups is 1. The number of Topliss-reactive ketones (excluding diaryl/α,β-unsaturated/α-hetero) is 1. The van der Waals surface area contributed by atoms with Crippen molar-refractivity contribution < 1.29 is 4.79 Å². The second-order valence-electron chi connectivity index (χ2n) is 4.61. The van der Waals surface area contributed by atoms with E-state index in [9.17, 15) is 4.79 Å². The van der Waals surface area contributed by atoms with Gasteiger partial charge in [-0.15, -0.1) is 0 Å². The molecule has 0 bridgehead atoms. The van der Waals surface area contributed by atoms with E-state index in [-0.39, 0.29) is 11.7 Å². The average Bonchev–Trinajstić information content (AvgIpc) is 2.40. The molecule has 0 spiro atoms. The van der Waals surface area contributed by atoms with Crippen LogP contribution < -0.4 is 0 Å².